The van der Waals surface area contributed by atoms with Crippen LogP contribution in [-0.4, -0.2) is 81.7 Å². The zero-order valence-corrected chi connectivity index (χ0v) is 24.4. The number of H-pyrrole nitrogens is 1. The minimum absolute atomic E-state index is 0.0545. The van der Waals surface area contributed by atoms with E-state index in [2.05, 4.69) is 20.6 Å². The minimum atomic E-state index is -0.766. The predicted molar refractivity (Wildman–Crippen MR) is 158 cm³/mol. The molecule has 0 saturated carbocycles. The molecule has 1 saturated heterocycles. The van der Waals surface area contributed by atoms with E-state index in [0.717, 1.165) is 11.1 Å². The summed E-state index contributed by atoms with van der Waals surface area (Å²) in [6, 6.07) is 12.4. The molecule has 1 fully saturated rings. The highest BCUT2D eigenvalue weighted by Gasteiger charge is 2.37. The maximum atomic E-state index is 14.8. The first-order chi connectivity index (χ1) is 20.7. The molecule has 3 aromatic rings. The lowest BCUT2D eigenvalue weighted by atomic mass is 10.0. The number of halogens is 1. The van der Waals surface area contributed by atoms with Crippen LogP contribution in [0.15, 0.2) is 54.9 Å². The number of nitrogens with zero attached hydrogens (tertiary/aromatic N) is 3. The van der Waals surface area contributed by atoms with Crippen LogP contribution >= 0.6 is 0 Å². The third-order valence-corrected chi connectivity index (χ3v) is 8.11. The predicted octanol–water partition coefficient (Wildman–Crippen LogP) is 3.17. The highest BCUT2D eigenvalue weighted by atomic mass is 19.1. The van der Waals surface area contributed by atoms with Gasteiger partial charge >= 0.3 is 0 Å². The van der Waals surface area contributed by atoms with Gasteiger partial charge in [-0.25, -0.2) is 9.37 Å². The van der Waals surface area contributed by atoms with E-state index in [1.807, 2.05) is 44.2 Å². The first-order valence-corrected chi connectivity index (χ1v) is 14.8. The van der Waals surface area contributed by atoms with Gasteiger partial charge in [0.05, 0.1) is 18.4 Å². The van der Waals surface area contributed by atoms with Crippen molar-refractivity contribution < 1.29 is 23.6 Å². The number of nitrogens with one attached hydrogen (secondary N) is 3. The van der Waals surface area contributed by atoms with Crippen LogP contribution in [0.2, 0.25) is 0 Å². The molecule has 3 N–H and O–H groups in total. The van der Waals surface area contributed by atoms with E-state index in [-0.39, 0.29) is 42.1 Å². The van der Waals surface area contributed by atoms with Crippen LogP contribution in [0.4, 0.5) is 4.39 Å². The normalized spacial score (nSPS) is 20.4. The lowest BCUT2D eigenvalue weighted by molar-refractivity contribution is -0.126. The molecule has 43 heavy (non-hydrogen) atoms. The molecule has 10 nitrogen and oxygen atoms in total. The second-order valence-corrected chi connectivity index (χ2v) is 11.5. The Morgan fingerprint density at radius 1 is 1.07 bits per heavy atom. The van der Waals surface area contributed by atoms with E-state index >= 15 is 0 Å². The second-order valence-electron chi connectivity index (χ2n) is 11.5. The fourth-order valence-electron chi connectivity index (χ4n) is 5.67. The number of amides is 4. The van der Waals surface area contributed by atoms with Gasteiger partial charge in [-0.2, -0.15) is 0 Å². The van der Waals surface area contributed by atoms with Crippen molar-refractivity contribution in [3.8, 4) is 11.3 Å². The average molecular weight is 589 g/mol. The molecule has 5 rings (SSSR count). The maximum absolute atomic E-state index is 14.8. The quantitative estimate of drug-likeness (QED) is 0.433. The Hall–Kier alpha value is -4.54. The van der Waals surface area contributed by atoms with Gasteiger partial charge in [0.1, 0.15) is 23.2 Å². The van der Waals surface area contributed by atoms with Gasteiger partial charge in [0, 0.05) is 31.2 Å². The number of benzene rings is 2. The first kappa shape index (κ1) is 29.9. The zero-order valence-electron chi connectivity index (χ0n) is 24.4. The number of carbonyl (C=O) groups excluding carboxylic acids is 4. The molecule has 3 heterocycles. The SMILES string of the molecule is CC(C)[C@@H]1CN(C(=O)c2[nH]cnc2-c2ccccc2)CC(=O)NCCCc2ccc(F)c(c2)C(=O)N2CCC[C@H]2C(=O)N1. The summed E-state index contributed by atoms with van der Waals surface area (Å²) in [5, 5.41) is 5.91. The van der Waals surface area contributed by atoms with Crippen molar-refractivity contribution >= 4 is 23.6 Å². The number of imidazole rings is 1. The molecule has 0 spiro atoms. The van der Waals surface area contributed by atoms with Gasteiger partial charge in [-0.1, -0.05) is 50.2 Å². The van der Waals surface area contributed by atoms with Gasteiger partial charge in [-0.15, -0.1) is 0 Å². The number of hydrogen-bond donors (Lipinski definition) is 3. The standard InChI is InChI=1S/C32H37FN6O4/c1-20(2)25-17-38(32(43)29-28(35-19-36-29)22-9-4-3-5-10-22)18-27(40)34-14-6-8-21-12-13-24(33)23(16-21)31(42)39-15-7-11-26(39)30(41)37-25/h3-5,9-10,12-13,16,19-20,25-26H,6-8,11,14-15,17-18H2,1-2H3,(H,34,40)(H,35,36)(H,37,41)/t25-,26-/m0/s1. The van der Waals surface area contributed by atoms with Crippen molar-refractivity contribution in [1.29, 1.82) is 0 Å². The first-order valence-electron chi connectivity index (χ1n) is 14.8. The highest BCUT2D eigenvalue weighted by Crippen LogP contribution is 2.25. The van der Waals surface area contributed by atoms with Crippen LogP contribution in [0.25, 0.3) is 11.3 Å². The van der Waals surface area contributed by atoms with E-state index in [1.54, 1.807) is 6.07 Å². The van der Waals surface area contributed by atoms with E-state index < -0.39 is 29.7 Å². The van der Waals surface area contributed by atoms with Gasteiger partial charge < -0.3 is 25.4 Å². The van der Waals surface area contributed by atoms with Gasteiger partial charge in [0.15, 0.2) is 0 Å². The monoisotopic (exact) mass is 588 g/mol. The zero-order chi connectivity index (χ0) is 30.5. The Morgan fingerprint density at radius 2 is 1.86 bits per heavy atom. The number of carbonyl (C=O) groups is 4. The fourth-order valence-corrected chi connectivity index (χ4v) is 5.67. The number of fused-ring (bicyclic) bond motifs is 3. The maximum Gasteiger partial charge on any atom is 0.273 e. The molecule has 2 aliphatic heterocycles. The minimum Gasteiger partial charge on any atom is -0.355 e. The van der Waals surface area contributed by atoms with Gasteiger partial charge in [-0.3, -0.25) is 19.2 Å². The number of aromatic amines is 1. The highest BCUT2D eigenvalue weighted by molar-refractivity contribution is 6.00. The van der Waals surface area contributed by atoms with Gasteiger partial charge in [0.25, 0.3) is 11.8 Å². The molecule has 2 aliphatic rings. The van der Waals surface area contributed by atoms with Crippen LogP contribution in [0, 0.1) is 11.7 Å². The molecule has 2 bridgehead atoms. The number of aryl methyl sites for hydroxylation is 1. The van der Waals surface area contributed by atoms with Crippen LogP contribution in [-0.2, 0) is 16.0 Å². The number of aromatic nitrogens is 2. The molecule has 11 heteroatoms. The summed E-state index contributed by atoms with van der Waals surface area (Å²) in [5.41, 5.74) is 2.16. The molecular weight excluding hydrogens is 551 g/mol. The largest absolute Gasteiger partial charge is 0.355 e. The van der Waals surface area contributed by atoms with Crippen molar-refractivity contribution in [3.05, 3.63) is 77.5 Å². The Balaban J connectivity index is 1.46. The van der Waals surface area contributed by atoms with Crippen LogP contribution in [0.5, 0.6) is 0 Å². The van der Waals surface area contributed by atoms with E-state index in [9.17, 15) is 23.6 Å². The summed E-state index contributed by atoms with van der Waals surface area (Å²) >= 11 is 0. The Morgan fingerprint density at radius 3 is 2.63 bits per heavy atom. The third kappa shape index (κ3) is 6.76. The summed E-state index contributed by atoms with van der Waals surface area (Å²) in [6.45, 7) is 4.34. The van der Waals surface area contributed by atoms with Gasteiger partial charge in [-0.05, 0) is 49.3 Å². The molecular formula is C32H37FN6O4. The Kier molecular flexibility index (Phi) is 9.18. The van der Waals surface area contributed by atoms with E-state index in [1.165, 1.54) is 28.3 Å². The molecule has 2 aromatic carbocycles. The Bertz CT molecular complexity index is 1490. The summed E-state index contributed by atoms with van der Waals surface area (Å²) in [7, 11) is 0. The molecule has 0 aliphatic carbocycles. The summed E-state index contributed by atoms with van der Waals surface area (Å²) in [5.74, 6) is -2.39. The molecule has 4 amide bonds. The molecule has 2 atom stereocenters. The second kappa shape index (κ2) is 13.2. The molecule has 0 radical (unpaired) electrons. The van der Waals surface area contributed by atoms with Crippen LogP contribution in [0.1, 0.15) is 59.5 Å². The number of rotatable bonds is 3. The summed E-state index contributed by atoms with van der Waals surface area (Å²) in [4.78, 5) is 64.3. The van der Waals surface area contributed by atoms with Crippen molar-refractivity contribution in [2.75, 3.05) is 26.2 Å². The van der Waals surface area contributed by atoms with Crippen molar-refractivity contribution in [3.63, 3.8) is 0 Å². The van der Waals surface area contributed by atoms with E-state index in [0.29, 0.717) is 44.5 Å². The van der Waals surface area contributed by atoms with Crippen LogP contribution < -0.4 is 10.6 Å². The van der Waals surface area contributed by atoms with Crippen molar-refractivity contribution in [1.82, 2.24) is 30.4 Å². The van der Waals surface area contributed by atoms with Gasteiger partial charge in [0.2, 0.25) is 11.8 Å². The fraction of sp³-hybridized carbons (Fsp3) is 0.406. The van der Waals surface area contributed by atoms with Crippen molar-refractivity contribution in [2.24, 2.45) is 5.92 Å². The Labute approximate surface area is 250 Å². The molecule has 1 aromatic heterocycles. The lowest BCUT2D eigenvalue weighted by Gasteiger charge is -2.32. The summed E-state index contributed by atoms with van der Waals surface area (Å²) < 4.78 is 14.8. The molecule has 0 unspecified atom stereocenters. The third-order valence-electron chi connectivity index (χ3n) is 8.11. The summed E-state index contributed by atoms with van der Waals surface area (Å²) in [6.07, 6.45) is 3.57. The number of hydrogen-bond acceptors (Lipinski definition) is 5. The average Bonchev–Trinajstić information content (AvgIpc) is 3.69. The molecule has 226 valence electrons. The topological polar surface area (TPSA) is 128 Å². The van der Waals surface area contributed by atoms with Crippen LogP contribution in [0.3, 0.4) is 0 Å². The van der Waals surface area contributed by atoms with Crippen molar-refractivity contribution in [2.45, 2.75) is 51.6 Å². The lowest BCUT2D eigenvalue weighted by Crippen LogP contribution is -2.55. The van der Waals surface area contributed by atoms with E-state index in [4.69, 9.17) is 0 Å². The smallest absolute Gasteiger partial charge is 0.273 e.